The van der Waals surface area contributed by atoms with Crippen LogP contribution in [0.4, 0.5) is 0 Å². The Bertz CT molecular complexity index is 305. The first-order valence-electron chi connectivity index (χ1n) is 6.00. The van der Waals surface area contributed by atoms with Gasteiger partial charge in [0.2, 0.25) is 0 Å². The molecule has 0 unspecified atom stereocenters. The average molecular weight is 205 g/mol. The number of nitrogens with zero attached hydrogens (tertiary/aromatic N) is 1. The van der Waals surface area contributed by atoms with Crippen LogP contribution < -0.4 is 4.74 Å². The zero-order chi connectivity index (χ0) is 10.5. The van der Waals surface area contributed by atoms with E-state index >= 15 is 0 Å². The molecule has 0 atom stereocenters. The van der Waals surface area contributed by atoms with Crippen LogP contribution >= 0.6 is 0 Å². The van der Waals surface area contributed by atoms with Crippen molar-refractivity contribution in [2.24, 2.45) is 0 Å². The highest BCUT2D eigenvalue weighted by atomic mass is 16.5. The summed E-state index contributed by atoms with van der Waals surface area (Å²) in [5.74, 6) is 1.01. The number of hydrogen-bond acceptors (Lipinski definition) is 2. The van der Waals surface area contributed by atoms with Gasteiger partial charge in [0.05, 0.1) is 11.8 Å². The van der Waals surface area contributed by atoms with E-state index in [4.69, 9.17) is 4.74 Å². The van der Waals surface area contributed by atoms with Gasteiger partial charge in [-0.15, -0.1) is 0 Å². The number of ether oxygens (including phenoxy) is 1. The second-order valence-electron chi connectivity index (χ2n) is 4.22. The standard InChI is InChI=1S/C13H19NO/c1-2-6-12-13(9-5-10-14-12)15-11-7-3-4-8-11/h5,9-11H,2-4,6-8H2,1H3. The molecule has 1 aliphatic rings. The van der Waals surface area contributed by atoms with E-state index in [0.717, 1.165) is 24.3 Å². The molecule has 15 heavy (non-hydrogen) atoms. The molecular formula is C13H19NO. The van der Waals surface area contributed by atoms with Gasteiger partial charge in [0, 0.05) is 6.20 Å². The minimum atomic E-state index is 0.435. The van der Waals surface area contributed by atoms with Crippen LogP contribution in [0.25, 0.3) is 0 Å². The number of aryl methyl sites for hydroxylation is 1. The zero-order valence-electron chi connectivity index (χ0n) is 9.41. The molecule has 1 aliphatic carbocycles. The lowest BCUT2D eigenvalue weighted by Gasteiger charge is -2.15. The third-order valence-electron chi connectivity index (χ3n) is 2.93. The molecule has 2 heteroatoms. The monoisotopic (exact) mass is 205 g/mol. The first-order valence-corrected chi connectivity index (χ1v) is 6.00. The molecule has 1 aromatic rings. The van der Waals surface area contributed by atoms with Gasteiger partial charge in [0.15, 0.2) is 0 Å². The van der Waals surface area contributed by atoms with Crippen LogP contribution in [0.1, 0.15) is 44.7 Å². The Balaban J connectivity index is 2.05. The van der Waals surface area contributed by atoms with Gasteiger partial charge >= 0.3 is 0 Å². The van der Waals surface area contributed by atoms with Gasteiger partial charge in [0.25, 0.3) is 0 Å². The molecule has 0 bridgehead atoms. The second-order valence-corrected chi connectivity index (χ2v) is 4.22. The minimum absolute atomic E-state index is 0.435. The smallest absolute Gasteiger partial charge is 0.141 e. The molecule has 0 spiro atoms. The minimum Gasteiger partial charge on any atom is -0.489 e. The van der Waals surface area contributed by atoms with Crippen LogP contribution in [0.3, 0.4) is 0 Å². The van der Waals surface area contributed by atoms with Crippen molar-refractivity contribution in [1.82, 2.24) is 4.98 Å². The van der Waals surface area contributed by atoms with Crippen molar-refractivity contribution in [2.45, 2.75) is 51.6 Å². The van der Waals surface area contributed by atoms with Crippen molar-refractivity contribution in [3.05, 3.63) is 24.0 Å². The summed E-state index contributed by atoms with van der Waals surface area (Å²) in [7, 11) is 0. The average Bonchev–Trinajstić information content (AvgIpc) is 2.74. The van der Waals surface area contributed by atoms with Crippen molar-refractivity contribution in [3.8, 4) is 5.75 Å². The lowest BCUT2D eigenvalue weighted by atomic mass is 10.2. The van der Waals surface area contributed by atoms with Gasteiger partial charge in [-0.1, -0.05) is 13.3 Å². The maximum Gasteiger partial charge on any atom is 0.141 e. The van der Waals surface area contributed by atoms with Gasteiger partial charge in [-0.3, -0.25) is 4.98 Å². The van der Waals surface area contributed by atoms with Gasteiger partial charge in [-0.2, -0.15) is 0 Å². The Morgan fingerprint density at radius 2 is 2.20 bits per heavy atom. The summed E-state index contributed by atoms with van der Waals surface area (Å²) in [5.41, 5.74) is 1.12. The van der Waals surface area contributed by atoms with Crippen LogP contribution in [0, 0.1) is 0 Å². The normalized spacial score (nSPS) is 16.9. The summed E-state index contributed by atoms with van der Waals surface area (Å²) in [4.78, 5) is 4.39. The lowest BCUT2D eigenvalue weighted by molar-refractivity contribution is 0.207. The largest absolute Gasteiger partial charge is 0.489 e. The number of rotatable bonds is 4. The van der Waals surface area contributed by atoms with Crippen molar-refractivity contribution in [2.75, 3.05) is 0 Å². The summed E-state index contributed by atoms with van der Waals surface area (Å²) >= 11 is 0. The molecule has 0 aliphatic heterocycles. The molecule has 0 radical (unpaired) electrons. The zero-order valence-corrected chi connectivity index (χ0v) is 9.41. The Kier molecular flexibility index (Phi) is 3.59. The third-order valence-corrected chi connectivity index (χ3v) is 2.93. The summed E-state index contributed by atoms with van der Waals surface area (Å²) in [5, 5.41) is 0. The fourth-order valence-electron chi connectivity index (χ4n) is 2.14. The Labute approximate surface area is 91.7 Å². The quantitative estimate of drug-likeness (QED) is 0.752. The highest BCUT2D eigenvalue weighted by molar-refractivity contribution is 5.27. The third kappa shape index (κ3) is 2.71. The van der Waals surface area contributed by atoms with Gasteiger partial charge in [-0.05, 0) is 44.2 Å². The van der Waals surface area contributed by atoms with E-state index in [1.807, 2.05) is 12.3 Å². The lowest BCUT2D eigenvalue weighted by Crippen LogP contribution is -2.12. The molecule has 82 valence electrons. The highest BCUT2D eigenvalue weighted by Gasteiger charge is 2.17. The van der Waals surface area contributed by atoms with Gasteiger partial charge < -0.3 is 4.74 Å². The molecule has 2 nitrogen and oxygen atoms in total. The maximum absolute atomic E-state index is 6.00. The predicted octanol–water partition coefficient (Wildman–Crippen LogP) is 3.36. The topological polar surface area (TPSA) is 22.1 Å². The molecule has 0 aromatic carbocycles. The van der Waals surface area contributed by atoms with E-state index in [1.165, 1.54) is 25.7 Å². The van der Waals surface area contributed by atoms with Crippen LogP contribution in [-0.4, -0.2) is 11.1 Å². The second kappa shape index (κ2) is 5.15. The van der Waals surface area contributed by atoms with E-state index in [0.29, 0.717) is 6.10 Å². The van der Waals surface area contributed by atoms with Gasteiger partial charge in [-0.25, -0.2) is 0 Å². The molecule has 0 saturated heterocycles. The summed E-state index contributed by atoms with van der Waals surface area (Å²) in [6.45, 7) is 2.17. The van der Waals surface area contributed by atoms with Crippen LogP contribution in [0.15, 0.2) is 18.3 Å². The number of aromatic nitrogens is 1. The van der Waals surface area contributed by atoms with Crippen LogP contribution in [0.2, 0.25) is 0 Å². The predicted molar refractivity (Wildman–Crippen MR) is 61.1 cm³/mol. The van der Waals surface area contributed by atoms with E-state index < -0.39 is 0 Å². The van der Waals surface area contributed by atoms with Crippen molar-refractivity contribution in [1.29, 1.82) is 0 Å². The first-order chi connectivity index (χ1) is 7.40. The first kappa shape index (κ1) is 10.5. The molecule has 0 N–H and O–H groups in total. The molecule has 1 aromatic heterocycles. The summed E-state index contributed by atoms with van der Waals surface area (Å²) in [6, 6.07) is 4.01. The molecule has 1 fully saturated rings. The van der Waals surface area contributed by atoms with Crippen LogP contribution in [-0.2, 0) is 6.42 Å². The molecule has 1 heterocycles. The molecular weight excluding hydrogens is 186 g/mol. The highest BCUT2D eigenvalue weighted by Crippen LogP contribution is 2.26. The summed E-state index contributed by atoms with van der Waals surface area (Å²) in [6.07, 6.45) is 9.47. The van der Waals surface area contributed by atoms with Gasteiger partial charge in [0.1, 0.15) is 5.75 Å². The molecule has 1 saturated carbocycles. The van der Waals surface area contributed by atoms with E-state index in [1.54, 1.807) is 0 Å². The van der Waals surface area contributed by atoms with E-state index in [-0.39, 0.29) is 0 Å². The van der Waals surface area contributed by atoms with Crippen molar-refractivity contribution < 1.29 is 4.74 Å². The molecule has 0 amide bonds. The number of hydrogen-bond donors (Lipinski definition) is 0. The maximum atomic E-state index is 6.00. The van der Waals surface area contributed by atoms with E-state index in [9.17, 15) is 0 Å². The fraction of sp³-hybridized carbons (Fsp3) is 0.615. The van der Waals surface area contributed by atoms with E-state index in [2.05, 4.69) is 18.0 Å². The van der Waals surface area contributed by atoms with Crippen molar-refractivity contribution >= 4 is 0 Å². The van der Waals surface area contributed by atoms with Crippen molar-refractivity contribution in [3.63, 3.8) is 0 Å². The molecule has 2 rings (SSSR count). The Morgan fingerprint density at radius 3 is 2.93 bits per heavy atom. The number of pyridine rings is 1. The Hall–Kier alpha value is -1.05. The van der Waals surface area contributed by atoms with Crippen LogP contribution in [0.5, 0.6) is 5.75 Å². The Morgan fingerprint density at radius 1 is 1.40 bits per heavy atom. The fourth-order valence-corrected chi connectivity index (χ4v) is 2.14. The summed E-state index contributed by atoms with van der Waals surface area (Å²) < 4.78 is 6.00. The SMILES string of the molecule is CCCc1ncccc1OC1CCCC1.